The zero-order valence-corrected chi connectivity index (χ0v) is 7.24. The number of rotatable bonds is 3. The number of anilines is 2. The van der Waals surface area contributed by atoms with Crippen LogP contribution in [0, 0.1) is 0 Å². The molecule has 0 aliphatic carbocycles. The second-order valence-corrected chi connectivity index (χ2v) is 2.75. The SMILES string of the molecule is CN(CC(F)F)c1cncc(N)c1. The Kier molecular flexibility index (Phi) is 3.00. The van der Waals surface area contributed by atoms with E-state index < -0.39 is 6.43 Å². The van der Waals surface area contributed by atoms with Crippen LogP contribution in [-0.4, -0.2) is 25.0 Å². The van der Waals surface area contributed by atoms with E-state index >= 15 is 0 Å². The Hall–Kier alpha value is -1.39. The maximum absolute atomic E-state index is 12.0. The monoisotopic (exact) mass is 187 g/mol. The van der Waals surface area contributed by atoms with Crippen molar-refractivity contribution in [1.29, 1.82) is 0 Å². The summed E-state index contributed by atoms with van der Waals surface area (Å²) in [7, 11) is 1.57. The molecule has 0 aromatic carbocycles. The Bertz CT molecular complexity index is 278. The van der Waals surface area contributed by atoms with Crippen LogP contribution in [0.3, 0.4) is 0 Å². The number of nitrogens with zero attached hydrogens (tertiary/aromatic N) is 2. The van der Waals surface area contributed by atoms with Crippen LogP contribution in [0.4, 0.5) is 20.2 Å². The molecule has 0 bridgehead atoms. The molecule has 1 aromatic rings. The van der Waals surface area contributed by atoms with Crippen molar-refractivity contribution < 1.29 is 8.78 Å². The highest BCUT2D eigenvalue weighted by molar-refractivity contribution is 5.52. The molecule has 1 heterocycles. The highest BCUT2D eigenvalue weighted by atomic mass is 19.3. The number of aromatic nitrogens is 1. The molecule has 3 nitrogen and oxygen atoms in total. The van der Waals surface area contributed by atoms with Gasteiger partial charge in [-0.1, -0.05) is 0 Å². The van der Waals surface area contributed by atoms with Gasteiger partial charge in [-0.15, -0.1) is 0 Å². The Balaban J connectivity index is 2.71. The highest BCUT2D eigenvalue weighted by Gasteiger charge is 2.08. The molecule has 0 fully saturated rings. The Labute approximate surface area is 75.2 Å². The molecule has 5 heteroatoms. The second kappa shape index (κ2) is 4.02. The zero-order chi connectivity index (χ0) is 9.84. The predicted molar refractivity (Wildman–Crippen MR) is 47.9 cm³/mol. The molecule has 0 radical (unpaired) electrons. The van der Waals surface area contributed by atoms with Gasteiger partial charge in [0.2, 0.25) is 0 Å². The number of hydrogen-bond donors (Lipinski definition) is 1. The third-order valence-electron chi connectivity index (χ3n) is 1.60. The van der Waals surface area contributed by atoms with Crippen molar-refractivity contribution in [2.24, 2.45) is 0 Å². The first-order chi connectivity index (χ1) is 6.09. The minimum Gasteiger partial charge on any atom is -0.397 e. The van der Waals surface area contributed by atoms with Gasteiger partial charge >= 0.3 is 0 Å². The molecular weight excluding hydrogens is 176 g/mol. The van der Waals surface area contributed by atoms with E-state index in [1.54, 1.807) is 13.1 Å². The Morgan fingerprint density at radius 1 is 1.54 bits per heavy atom. The first-order valence-electron chi connectivity index (χ1n) is 3.79. The van der Waals surface area contributed by atoms with Crippen LogP contribution in [0.2, 0.25) is 0 Å². The third kappa shape index (κ3) is 2.85. The van der Waals surface area contributed by atoms with E-state index in [1.807, 2.05) is 0 Å². The first kappa shape index (κ1) is 9.70. The van der Waals surface area contributed by atoms with E-state index in [4.69, 9.17) is 5.73 Å². The van der Waals surface area contributed by atoms with Crippen molar-refractivity contribution in [3.05, 3.63) is 18.5 Å². The lowest BCUT2D eigenvalue weighted by molar-refractivity contribution is 0.156. The van der Waals surface area contributed by atoms with Crippen molar-refractivity contribution in [2.75, 3.05) is 24.2 Å². The maximum atomic E-state index is 12.0. The third-order valence-corrected chi connectivity index (χ3v) is 1.60. The van der Waals surface area contributed by atoms with Gasteiger partial charge in [-0.3, -0.25) is 4.98 Å². The van der Waals surface area contributed by atoms with E-state index in [-0.39, 0.29) is 6.54 Å². The summed E-state index contributed by atoms with van der Waals surface area (Å²) in [5.74, 6) is 0. The molecule has 0 unspecified atom stereocenters. The smallest absolute Gasteiger partial charge is 0.255 e. The van der Waals surface area contributed by atoms with E-state index in [9.17, 15) is 8.78 Å². The molecule has 0 amide bonds. The standard InChI is InChI=1S/C8H11F2N3/c1-13(5-8(9)10)7-2-6(11)3-12-4-7/h2-4,8H,5,11H2,1H3. The lowest BCUT2D eigenvalue weighted by Gasteiger charge is -2.18. The molecule has 0 saturated heterocycles. The van der Waals surface area contributed by atoms with Gasteiger partial charge in [-0.05, 0) is 6.07 Å². The van der Waals surface area contributed by atoms with Crippen molar-refractivity contribution in [1.82, 2.24) is 4.98 Å². The normalized spacial score (nSPS) is 10.5. The average Bonchev–Trinajstić information content (AvgIpc) is 2.03. The van der Waals surface area contributed by atoms with Crippen LogP contribution in [0.15, 0.2) is 18.5 Å². The van der Waals surface area contributed by atoms with Crippen LogP contribution in [0.1, 0.15) is 0 Å². The summed E-state index contributed by atoms with van der Waals surface area (Å²) in [5, 5.41) is 0. The van der Waals surface area contributed by atoms with E-state index in [2.05, 4.69) is 4.98 Å². The topological polar surface area (TPSA) is 42.2 Å². The van der Waals surface area contributed by atoms with Gasteiger partial charge < -0.3 is 10.6 Å². The molecule has 1 aromatic heterocycles. The van der Waals surface area contributed by atoms with Gasteiger partial charge in [0.05, 0.1) is 24.1 Å². The summed E-state index contributed by atoms with van der Waals surface area (Å²) in [4.78, 5) is 5.21. The molecule has 0 spiro atoms. The summed E-state index contributed by atoms with van der Waals surface area (Å²) < 4.78 is 24.0. The molecule has 0 saturated carbocycles. The van der Waals surface area contributed by atoms with Gasteiger partial charge in [-0.25, -0.2) is 8.78 Å². The quantitative estimate of drug-likeness (QED) is 0.777. The minimum atomic E-state index is -2.36. The number of alkyl halides is 2. The fourth-order valence-corrected chi connectivity index (χ4v) is 0.966. The molecule has 0 aliphatic rings. The fraction of sp³-hybridized carbons (Fsp3) is 0.375. The van der Waals surface area contributed by atoms with Crippen LogP contribution < -0.4 is 10.6 Å². The average molecular weight is 187 g/mol. The van der Waals surface area contributed by atoms with E-state index in [0.717, 1.165) is 0 Å². The van der Waals surface area contributed by atoms with Gasteiger partial charge in [0.15, 0.2) is 0 Å². The predicted octanol–water partition coefficient (Wildman–Crippen LogP) is 1.37. The summed E-state index contributed by atoms with van der Waals surface area (Å²) in [6.07, 6.45) is 0.616. The van der Waals surface area contributed by atoms with E-state index in [0.29, 0.717) is 11.4 Å². The highest BCUT2D eigenvalue weighted by Crippen LogP contribution is 2.14. The molecular formula is C8H11F2N3. The molecule has 13 heavy (non-hydrogen) atoms. The lowest BCUT2D eigenvalue weighted by Crippen LogP contribution is -2.24. The molecule has 2 N–H and O–H groups in total. The van der Waals surface area contributed by atoms with Gasteiger partial charge in [0, 0.05) is 13.2 Å². The summed E-state index contributed by atoms with van der Waals surface area (Å²) in [5.41, 5.74) is 6.52. The molecule has 1 rings (SSSR count). The summed E-state index contributed by atoms with van der Waals surface area (Å²) >= 11 is 0. The van der Waals surface area contributed by atoms with Gasteiger partial charge in [0.25, 0.3) is 6.43 Å². The second-order valence-electron chi connectivity index (χ2n) is 2.75. The zero-order valence-electron chi connectivity index (χ0n) is 7.24. The lowest BCUT2D eigenvalue weighted by atomic mass is 10.3. The largest absolute Gasteiger partial charge is 0.397 e. The van der Waals surface area contributed by atoms with E-state index in [1.165, 1.54) is 17.3 Å². The molecule has 0 aliphatic heterocycles. The number of nitrogen functional groups attached to an aromatic ring is 1. The number of hydrogen-bond acceptors (Lipinski definition) is 3. The molecule has 72 valence electrons. The minimum absolute atomic E-state index is 0.314. The summed E-state index contributed by atoms with van der Waals surface area (Å²) in [6.45, 7) is -0.314. The number of nitrogens with two attached hydrogens (primary N) is 1. The fourth-order valence-electron chi connectivity index (χ4n) is 0.966. The van der Waals surface area contributed by atoms with Crippen LogP contribution in [0.25, 0.3) is 0 Å². The van der Waals surface area contributed by atoms with Crippen molar-refractivity contribution in [3.8, 4) is 0 Å². The summed E-state index contributed by atoms with van der Waals surface area (Å²) in [6, 6.07) is 1.61. The maximum Gasteiger partial charge on any atom is 0.255 e. The van der Waals surface area contributed by atoms with Crippen molar-refractivity contribution in [2.45, 2.75) is 6.43 Å². The van der Waals surface area contributed by atoms with Crippen LogP contribution in [-0.2, 0) is 0 Å². The van der Waals surface area contributed by atoms with Crippen LogP contribution in [0.5, 0.6) is 0 Å². The van der Waals surface area contributed by atoms with Crippen molar-refractivity contribution in [3.63, 3.8) is 0 Å². The number of pyridine rings is 1. The molecule has 0 atom stereocenters. The Morgan fingerprint density at radius 3 is 2.77 bits per heavy atom. The van der Waals surface area contributed by atoms with Crippen molar-refractivity contribution >= 4 is 11.4 Å². The number of halogens is 2. The first-order valence-corrected chi connectivity index (χ1v) is 3.79. The Morgan fingerprint density at radius 2 is 2.23 bits per heavy atom. The van der Waals surface area contributed by atoms with Crippen LogP contribution >= 0.6 is 0 Å². The van der Waals surface area contributed by atoms with Gasteiger partial charge in [0.1, 0.15) is 0 Å². The van der Waals surface area contributed by atoms with Gasteiger partial charge in [-0.2, -0.15) is 0 Å².